The maximum atomic E-state index is 12.6. The molecule has 1 amide bonds. The van der Waals surface area contributed by atoms with E-state index in [1.165, 1.54) is 0 Å². The second-order valence-corrected chi connectivity index (χ2v) is 7.04. The zero-order valence-corrected chi connectivity index (χ0v) is 17.2. The van der Waals surface area contributed by atoms with Gasteiger partial charge in [-0.15, -0.1) is 0 Å². The van der Waals surface area contributed by atoms with Crippen LogP contribution >= 0.6 is 0 Å². The highest BCUT2D eigenvalue weighted by atomic mass is 16.5. The number of benzene rings is 2. The highest BCUT2D eigenvalue weighted by Crippen LogP contribution is 2.19. The second-order valence-electron chi connectivity index (χ2n) is 7.04. The predicted molar refractivity (Wildman–Crippen MR) is 115 cm³/mol. The van der Waals surface area contributed by atoms with Crippen LogP contribution in [0.2, 0.25) is 0 Å². The van der Waals surface area contributed by atoms with Gasteiger partial charge in [0.25, 0.3) is 5.91 Å². The van der Waals surface area contributed by atoms with Gasteiger partial charge in [-0.2, -0.15) is 0 Å². The van der Waals surface area contributed by atoms with Crippen molar-refractivity contribution in [3.63, 3.8) is 0 Å². The van der Waals surface area contributed by atoms with Gasteiger partial charge in [0.05, 0.1) is 7.11 Å². The van der Waals surface area contributed by atoms with Crippen molar-refractivity contribution in [3.8, 4) is 5.75 Å². The summed E-state index contributed by atoms with van der Waals surface area (Å²) in [6.45, 7) is 6.41. The Bertz CT molecular complexity index is 997. The molecule has 2 N–H and O–H groups in total. The number of carbonyl (C=O) groups excluding carboxylic acids is 1. The van der Waals surface area contributed by atoms with Gasteiger partial charge in [0.1, 0.15) is 11.4 Å². The van der Waals surface area contributed by atoms with E-state index >= 15 is 0 Å². The summed E-state index contributed by atoms with van der Waals surface area (Å²) in [4.78, 5) is 21.4. The zero-order valence-electron chi connectivity index (χ0n) is 17.2. The van der Waals surface area contributed by atoms with Crippen molar-refractivity contribution in [3.05, 3.63) is 76.6 Å². The Balaban J connectivity index is 1.67. The van der Waals surface area contributed by atoms with Gasteiger partial charge in [0, 0.05) is 17.9 Å². The molecule has 6 nitrogen and oxygen atoms in total. The lowest BCUT2D eigenvalue weighted by molar-refractivity contribution is 0.0949. The average Bonchev–Trinajstić information content (AvgIpc) is 2.67. The summed E-state index contributed by atoms with van der Waals surface area (Å²) in [6, 6.07) is 15.6. The smallest absolute Gasteiger partial charge is 0.270 e. The molecule has 0 bridgehead atoms. The standard InChI is InChI=1S/C23H26N4O2/c1-15-11-16(2)13-19(12-15)26-23-25-17(3)14-20(27-23)22(28)24-10-9-18-7-5-6-8-21(18)29-4/h5-8,11-14H,9-10H2,1-4H3,(H,24,28)(H,25,26,27). The van der Waals surface area contributed by atoms with E-state index < -0.39 is 0 Å². The highest BCUT2D eigenvalue weighted by molar-refractivity contribution is 5.92. The van der Waals surface area contributed by atoms with Crippen LogP contribution in [0.3, 0.4) is 0 Å². The maximum absolute atomic E-state index is 12.6. The number of ether oxygens (including phenoxy) is 1. The molecule has 0 aliphatic heterocycles. The summed E-state index contributed by atoms with van der Waals surface area (Å²) >= 11 is 0. The summed E-state index contributed by atoms with van der Waals surface area (Å²) in [5.74, 6) is 0.998. The molecule has 0 unspecified atom stereocenters. The van der Waals surface area contributed by atoms with Crippen LogP contribution in [0.25, 0.3) is 0 Å². The van der Waals surface area contributed by atoms with E-state index in [4.69, 9.17) is 4.74 Å². The Morgan fingerprint density at radius 1 is 1.00 bits per heavy atom. The molecular formula is C23H26N4O2. The second kappa shape index (κ2) is 9.19. The first-order valence-electron chi connectivity index (χ1n) is 9.55. The number of anilines is 2. The number of hydrogen-bond acceptors (Lipinski definition) is 5. The fourth-order valence-electron chi connectivity index (χ4n) is 3.23. The third kappa shape index (κ3) is 5.54. The van der Waals surface area contributed by atoms with Crippen LogP contribution in [0.15, 0.2) is 48.5 Å². The maximum Gasteiger partial charge on any atom is 0.270 e. The van der Waals surface area contributed by atoms with Gasteiger partial charge in [-0.1, -0.05) is 24.3 Å². The fourth-order valence-corrected chi connectivity index (χ4v) is 3.23. The monoisotopic (exact) mass is 390 g/mol. The van der Waals surface area contributed by atoms with Crippen molar-refractivity contribution < 1.29 is 9.53 Å². The Morgan fingerprint density at radius 2 is 1.72 bits per heavy atom. The molecule has 2 aromatic carbocycles. The Kier molecular flexibility index (Phi) is 6.44. The van der Waals surface area contributed by atoms with Crippen LogP contribution < -0.4 is 15.4 Å². The first-order chi connectivity index (χ1) is 13.9. The Labute approximate surface area is 171 Å². The average molecular weight is 390 g/mol. The molecule has 0 spiro atoms. The molecule has 0 saturated heterocycles. The van der Waals surface area contributed by atoms with E-state index in [-0.39, 0.29) is 5.91 Å². The van der Waals surface area contributed by atoms with Gasteiger partial charge in [0.15, 0.2) is 0 Å². The largest absolute Gasteiger partial charge is 0.496 e. The van der Waals surface area contributed by atoms with Crippen molar-refractivity contribution in [2.24, 2.45) is 0 Å². The Hall–Kier alpha value is -3.41. The van der Waals surface area contributed by atoms with E-state index in [0.717, 1.165) is 33.8 Å². The number of nitrogens with zero attached hydrogens (tertiary/aromatic N) is 2. The summed E-state index contributed by atoms with van der Waals surface area (Å²) in [5.41, 5.74) is 5.30. The van der Waals surface area contributed by atoms with Crippen LogP contribution in [-0.4, -0.2) is 29.5 Å². The van der Waals surface area contributed by atoms with E-state index in [2.05, 4.69) is 26.7 Å². The van der Waals surface area contributed by atoms with Gasteiger partial charge in [-0.25, -0.2) is 9.97 Å². The number of methoxy groups -OCH3 is 1. The molecule has 29 heavy (non-hydrogen) atoms. The van der Waals surface area contributed by atoms with Gasteiger partial charge in [-0.3, -0.25) is 4.79 Å². The van der Waals surface area contributed by atoms with Crippen LogP contribution in [0.1, 0.15) is 32.9 Å². The van der Waals surface area contributed by atoms with Gasteiger partial charge >= 0.3 is 0 Å². The first kappa shape index (κ1) is 20.3. The van der Waals surface area contributed by atoms with Crippen LogP contribution in [0.5, 0.6) is 5.75 Å². The van der Waals surface area contributed by atoms with E-state index in [1.807, 2.05) is 57.2 Å². The van der Waals surface area contributed by atoms with Gasteiger partial charge in [0.2, 0.25) is 5.95 Å². The minimum absolute atomic E-state index is 0.228. The molecule has 0 fully saturated rings. The molecule has 0 radical (unpaired) electrons. The molecule has 0 atom stereocenters. The molecule has 0 saturated carbocycles. The number of hydrogen-bond donors (Lipinski definition) is 2. The van der Waals surface area contributed by atoms with Crippen molar-refractivity contribution in [2.45, 2.75) is 27.2 Å². The summed E-state index contributed by atoms with van der Waals surface area (Å²) in [6.07, 6.45) is 0.674. The summed E-state index contributed by atoms with van der Waals surface area (Å²) in [7, 11) is 1.64. The number of para-hydroxylation sites is 1. The highest BCUT2D eigenvalue weighted by Gasteiger charge is 2.11. The lowest BCUT2D eigenvalue weighted by Crippen LogP contribution is -2.27. The number of nitrogens with one attached hydrogen (secondary N) is 2. The number of aromatic nitrogens is 2. The molecule has 1 heterocycles. The summed E-state index contributed by atoms with van der Waals surface area (Å²) < 4.78 is 5.35. The molecule has 3 rings (SSSR count). The Morgan fingerprint density at radius 3 is 2.45 bits per heavy atom. The van der Waals surface area contributed by atoms with Crippen LogP contribution in [0.4, 0.5) is 11.6 Å². The van der Waals surface area contributed by atoms with Crippen molar-refractivity contribution >= 4 is 17.5 Å². The van der Waals surface area contributed by atoms with E-state index in [9.17, 15) is 4.79 Å². The number of aryl methyl sites for hydroxylation is 3. The molecule has 0 aliphatic rings. The first-order valence-corrected chi connectivity index (χ1v) is 9.55. The van der Waals surface area contributed by atoms with E-state index in [0.29, 0.717) is 24.6 Å². The molecular weight excluding hydrogens is 364 g/mol. The third-order valence-electron chi connectivity index (χ3n) is 4.44. The third-order valence-corrected chi connectivity index (χ3v) is 4.44. The van der Waals surface area contributed by atoms with E-state index in [1.54, 1.807) is 13.2 Å². The van der Waals surface area contributed by atoms with Crippen molar-refractivity contribution in [1.29, 1.82) is 0 Å². The van der Waals surface area contributed by atoms with Crippen LogP contribution in [-0.2, 0) is 6.42 Å². The van der Waals surface area contributed by atoms with Gasteiger partial charge in [-0.05, 0) is 68.1 Å². The molecule has 6 heteroatoms. The SMILES string of the molecule is COc1ccccc1CCNC(=O)c1cc(C)nc(Nc2cc(C)cc(C)c2)n1. The van der Waals surface area contributed by atoms with Crippen molar-refractivity contribution in [2.75, 3.05) is 19.0 Å². The number of rotatable bonds is 7. The minimum atomic E-state index is -0.228. The molecule has 150 valence electrons. The normalized spacial score (nSPS) is 10.5. The molecule has 3 aromatic rings. The zero-order chi connectivity index (χ0) is 20.8. The molecule has 0 aliphatic carbocycles. The van der Waals surface area contributed by atoms with Gasteiger partial charge < -0.3 is 15.4 Å². The summed E-state index contributed by atoms with van der Waals surface area (Å²) in [5, 5.41) is 6.12. The molecule has 1 aromatic heterocycles. The topological polar surface area (TPSA) is 76.1 Å². The number of amides is 1. The van der Waals surface area contributed by atoms with Crippen molar-refractivity contribution in [1.82, 2.24) is 15.3 Å². The minimum Gasteiger partial charge on any atom is -0.496 e. The lowest BCUT2D eigenvalue weighted by atomic mass is 10.1. The predicted octanol–water partition coefficient (Wildman–Crippen LogP) is 4.13. The lowest BCUT2D eigenvalue weighted by Gasteiger charge is -2.11. The fraction of sp³-hybridized carbons (Fsp3) is 0.261. The van der Waals surface area contributed by atoms with Crippen LogP contribution in [0, 0.1) is 20.8 Å². The quantitative estimate of drug-likeness (QED) is 0.634. The number of carbonyl (C=O) groups is 1.